The van der Waals surface area contributed by atoms with Gasteiger partial charge in [0.1, 0.15) is 12.3 Å². The number of hydrogen-bond acceptors (Lipinski definition) is 4. The number of carbonyl (C=O) groups excluding carboxylic acids is 1. The number of pyridine rings is 1. The van der Waals surface area contributed by atoms with E-state index in [4.69, 9.17) is 21.3 Å². The van der Waals surface area contributed by atoms with Crippen LogP contribution >= 0.6 is 11.6 Å². The topological polar surface area (TPSA) is 50.1 Å². The van der Waals surface area contributed by atoms with Crippen molar-refractivity contribution in [1.29, 1.82) is 0 Å². The van der Waals surface area contributed by atoms with E-state index in [-0.39, 0.29) is 12.5 Å². The van der Waals surface area contributed by atoms with Crippen molar-refractivity contribution in [3.8, 4) is 22.4 Å². The SMILES string of the molecule is Cc1cccc(-c2ccc3nc(-c4ccc(Cl)cc4)c(CN4CCN(C(=O)COCc5ccccc5)CC4)n3c2)c1. The molecule has 6 rings (SSSR count). The van der Waals surface area contributed by atoms with Crippen LogP contribution in [0.4, 0.5) is 0 Å². The van der Waals surface area contributed by atoms with Crippen molar-refractivity contribution in [2.45, 2.75) is 20.1 Å². The molecule has 6 nitrogen and oxygen atoms in total. The first-order valence-corrected chi connectivity index (χ1v) is 14.4. The lowest BCUT2D eigenvalue weighted by Crippen LogP contribution is -2.49. The van der Waals surface area contributed by atoms with Crippen LogP contribution in [0.1, 0.15) is 16.8 Å². The lowest BCUT2D eigenvalue weighted by atomic mass is 10.1. The third-order valence-corrected chi connectivity index (χ3v) is 7.87. The largest absolute Gasteiger partial charge is 0.367 e. The summed E-state index contributed by atoms with van der Waals surface area (Å²) in [6.45, 7) is 6.31. The molecule has 1 aliphatic rings. The molecule has 1 saturated heterocycles. The number of fused-ring (bicyclic) bond motifs is 1. The van der Waals surface area contributed by atoms with Crippen LogP contribution < -0.4 is 0 Å². The summed E-state index contributed by atoms with van der Waals surface area (Å²) < 4.78 is 7.92. The third-order valence-electron chi connectivity index (χ3n) is 7.62. The Hall–Kier alpha value is -3.97. The normalized spacial score (nSPS) is 14.0. The molecule has 1 aliphatic heterocycles. The second-order valence-corrected chi connectivity index (χ2v) is 11.0. The van der Waals surface area contributed by atoms with Gasteiger partial charge in [0.25, 0.3) is 0 Å². The van der Waals surface area contributed by atoms with Crippen molar-refractivity contribution in [3.05, 3.63) is 119 Å². The Morgan fingerprint density at radius 1 is 0.854 bits per heavy atom. The van der Waals surface area contributed by atoms with Gasteiger partial charge in [-0.3, -0.25) is 9.69 Å². The molecule has 0 bridgehead atoms. The molecule has 3 aromatic carbocycles. The molecule has 5 aromatic rings. The zero-order valence-corrected chi connectivity index (χ0v) is 23.9. The molecule has 2 aromatic heterocycles. The summed E-state index contributed by atoms with van der Waals surface area (Å²) in [5.74, 6) is 0.0417. The van der Waals surface area contributed by atoms with Gasteiger partial charge in [-0.1, -0.05) is 83.9 Å². The van der Waals surface area contributed by atoms with Crippen LogP contribution in [0.5, 0.6) is 0 Å². The second kappa shape index (κ2) is 12.3. The number of imidazole rings is 1. The Balaban J connectivity index is 1.19. The van der Waals surface area contributed by atoms with Gasteiger partial charge >= 0.3 is 0 Å². The van der Waals surface area contributed by atoms with Crippen molar-refractivity contribution in [2.24, 2.45) is 0 Å². The van der Waals surface area contributed by atoms with Crippen LogP contribution in [0.3, 0.4) is 0 Å². The Morgan fingerprint density at radius 2 is 1.61 bits per heavy atom. The average molecular weight is 565 g/mol. The Labute approximate surface area is 245 Å². The summed E-state index contributed by atoms with van der Waals surface area (Å²) in [6.07, 6.45) is 2.19. The molecular formula is C34H33ClN4O2. The van der Waals surface area contributed by atoms with Gasteiger partial charge in [-0.15, -0.1) is 0 Å². The van der Waals surface area contributed by atoms with E-state index in [1.54, 1.807) is 0 Å². The van der Waals surface area contributed by atoms with Crippen LogP contribution in [0.2, 0.25) is 5.02 Å². The molecule has 0 spiro atoms. The lowest BCUT2D eigenvalue weighted by molar-refractivity contribution is -0.138. The van der Waals surface area contributed by atoms with Crippen LogP contribution in [0.25, 0.3) is 28.0 Å². The summed E-state index contributed by atoms with van der Waals surface area (Å²) in [5, 5.41) is 0.703. The maximum Gasteiger partial charge on any atom is 0.248 e. The highest BCUT2D eigenvalue weighted by molar-refractivity contribution is 6.30. The lowest BCUT2D eigenvalue weighted by Gasteiger charge is -2.34. The van der Waals surface area contributed by atoms with Crippen LogP contribution in [0.15, 0.2) is 97.2 Å². The molecular weight excluding hydrogens is 532 g/mol. The zero-order chi connectivity index (χ0) is 28.2. The van der Waals surface area contributed by atoms with Gasteiger partial charge in [-0.2, -0.15) is 0 Å². The number of hydrogen-bond donors (Lipinski definition) is 0. The van der Waals surface area contributed by atoms with Crippen molar-refractivity contribution in [2.75, 3.05) is 32.8 Å². The minimum atomic E-state index is 0.0417. The fraction of sp³-hybridized carbons (Fsp3) is 0.235. The minimum Gasteiger partial charge on any atom is -0.367 e. The van der Waals surface area contributed by atoms with Gasteiger partial charge in [0.15, 0.2) is 0 Å². The number of halogens is 1. The standard InChI is InChI=1S/C34H33ClN4O2/c1-25-6-5-9-28(20-25)29-12-15-32-36-34(27-10-13-30(35)14-11-27)31(39(32)21-29)22-37-16-18-38(19-17-37)33(40)24-41-23-26-7-3-2-4-8-26/h2-15,20-21H,16-19,22-24H2,1H3. The summed E-state index contributed by atoms with van der Waals surface area (Å²) in [7, 11) is 0. The molecule has 1 amide bonds. The van der Waals surface area contributed by atoms with Crippen LogP contribution in [0, 0.1) is 6.92 Å². The molecule has 0 atom stereocenters. The maximum absolute atomic E-state index is 12.8. The molecule has 0 N–H and O–H groups in total. The van der Waals surface area contributed by atoms with Crippen molar-refractivity contribution < 1.29 is 9.53 Å². The Bertz CT molecular complexity index is 1640. The van der Waals surface area contributed by atoms with Crippen LogP contribution in [-0.2, 0) is 22.7 Å². The highest BCUT2D eigenvalue weighted by Gasteiger charge is 2.24. The van der Waals surface area contributed by atoms with Gasteiger partial charge < -0.3 is 14.0 Å². The van der Waals surface area contributed by atoms with E-state index in [1.807, 2.05) is 59.5 Å². The number of aryl methyl sites for hydroxylation is 1. The first kappa shape index (κ1) is 27.2. The number of nitrogens with zero attached hydrogens (tertiary/aromatic N) is 4. The molecule has 0 radical (unpaired) electrons. The van der Waals surface area contributed by atoms with E-state index in [0.717, 1.165) is 53.4 Å². The molecule has 1 fully saturated rings. The highest BCUT2D eigenvalue weighted by Crippen LogP contribution is 2.29. The average Bonchev–Trinajstić information content (AvgIpc) is 3.35. The molecule has 0 aliphatic carbocycles. The molecule has 0 unspecified atom stereocenters. The molecule has 0 saturated carbocycles. The number of piperazine rings is 1. The third kappa shape index (κ3) is 6.35. The monoisotopic (exact) mass is 564 g/mol. The number of ether oxygens (including phenoxy) is 1. The number of amides is 1. The number of rotatable bonds is 8. The smallest absolute Gasteiger partial charge is 0.248 e. The Morgan fingerprint density at radius 3 is 2.37 bits per heavy atom. The summed E-state index contributed by atoms with van der Waals surface area (Å²) in [4.78, 5) is 22.2. The van der Waals surface area contributed by atoms with Gasteiger partial charge in [0.2, 0.25) is 5.91 Å². The zero-order valence-electron chi connectivity index (χ0n) is 23.2. The summed E-state index contributed by atoms with van der Waals surface area (Å²) in [6, 6.07) is 30.6. The second-order valence-electron chi connectivity index (χ2n) is 10.6. The predicted molar refractivity (Wildman–Crippen MR) is 164 cm³/mol. The van der Waals surface area contributed by atoms with E-state index >= 15 is 0 Å². The van der Waals surface area contributed by atoms with E-state index in [0.29, 0.717) is 24.7 Å². The maximum atomic E-state index is 12.8. The quantitative estimate of drug-likeness (QED) is 0.216. The molecule has 3 heterocycles. The molecule has 7 heteroatoms. The van der Waals surface area contributed by atoms with Gasteiger partial charge in [-0.05, 0) is 47.9 Å². The Kier molecular flexibility index (Phi) is 8.14. The van der Waals surface area contributed by atoms with Gasteiger partial charge in [-0.25, -0.2) is 4.98 Å². The fourth-order valence-corrected chi connectivity index (χ4v) is 5.49. The van der Waals surface area contributed by atoms with Crippen LogP contribution in [-0.4, -0.2) is 57.9 Å². The van der Waals surface area contributed by atoms with E-state index in [2.05, 4.69) is 58.8 Å². The van der Waals surface area contributed by atoms with E-state index < -0.39 is 0 Å². The minimum absolute atomic E-state index is 0.0417. The van der Waals surface area contributed by atoms with Gasteiger partial charge in [0.05, 0.1) is 18.0 Å². The fourth-order valence-electron chi connectivity index (χ4n) is 5.37. The summed E-state index contributed by atoms with van der Waals surface area (Å²) in [5.41, 5.74) is 8.65. The first-order chi connectivity index (χ1) is 20.0. The van der Waals surface area contributed by atoms with E-state index in [1.165, 1.54) is 11.1 Å². The number of benzene rings is 3. The van der Waals surface area contributed by atoms with Crippen molar-refractivity contribution in [3.63, 3.8) is 0 Å². The van der Waals surface area contributed by atoms with Gasteiger partial charge in [0, 0.05) is 49.5 Å². The number of aromatic nitrogens is 2. The van der Waals surface area contributed by atoms with E-state index in [9.17, 15) is 4.79 Å². The highest BCUT2D eigenvalue weighted by atomic mass is 35.5. The van der Waals surface area contributed by atoms with Crippen molar-refractivity contribution in [1.82, 2.24) is 19.2 Å². The first-order valence-electron chi connectivity index (χ1n) is 14.0. The molecule has 41 heavy (non-hydrogen) atoms. The van der Waals surface area contributed by atoms with Crippen molar-refractivity contribution >= 4 is 23.2 Å². The predicted octanol–water partition coefficient (Wildman–Crippen LogP) is 6.49. The number of carbonyl (C=O) groups is 1. The summed E-state index contributed by atoms with van der Waals surface area (Å²) >= 11 is 6.20. The molecule has 208 valence electrons.